The van der Waals surface area contributed by atoms with Gasteiger partial charge in [0.25, 0.3) is 11.8 Å². The second-order valence-corrected chi connectivity index (χ2v) is 7.54. The molecule has 2 aromatic rings. The van der Waals surface area contributed by atoms with Gasteiger partial charge in [-0.2, -0.15) is 4.99 Å². The number of amides is 2. The van der Waals surface area contributed by atoms with Gasteiger partial charge in [0.2, 0.25) is 0 Å². The molecule has 1 heterocycles. The Labute approximate surface area is 179 Å². The maximum Gasteiger partial charge on any atom is 0.341 e. The predicted octanol–water partition coefficient (Wildman–Crippen LogP) is 3.86. The molecule has 1 fully saturated rings. The molecule has 1 saturated heterocycles. The highest BCUT2D eigenvalue weighted by molar-refractivity contribution is 8.18. The predicted molar refractivity (Wildman–Crippen MR) is 112 cm³/mol. The number of thioether (sulfide) groups is 1. The van der Waals surface area contributed by atoms with Crippen LogP contribution < -0.4 is 10.1 Å². The summed E-state index contributed by atoms with van der Waals surface area (Å²) < 4.78 is 5.05. The number of carboxylic acids is 1. The molecule has 3 rings (SSSR count). The second kappa shape index (κ2) is 9.13. The molecule has 1 aliphatic heterocycles. The van der Waals surface area contributed by atoms with Gasteiger partial charge >= 0.3 is 5.97 Å². The lowest BCUT2D eigenvalue weighted by atomic mass is 10.2. The van der Waals surface area contributed by atoms with Crippen molar-refractivity contribution >= 4 is 64.0 Å². The average molecular weight is 451 g/mol. The van der Waals surface area contributed by atoms with E-state index in [0.717, 1.165) is 11.8 Å². The highest BCUT2D eigenvalue weighted by Gasteiger charge is 2.25. The highest BCUT2D eigenvalue weighted by atomic mass is 35.5. The standard InChI is InChI=1S/C19H12Cl2N2O5S/c20-12-4-2-11(3-5-12)17(26)22-19-23-18(27)15(29-19)8-10-1-6-14(13(21)7-10)28-9-16(24)25/h1-8H,9H2,(H,24,25)(H,22,23,26,27)/b15-8-. The summed E-state index contributed by atoms with van der Waals surface area (Å²) in [5, 5.41) is 12.0. The number of rotatable bonds is 5. The van der Waals surface area contributed by atoms with Gasteiger partial charge in [0, 0.05) is 10.6 Å². The van der Waals surface area contributed by atoms with Gasteiger partial charge in [-0.15, -0.1) is 0 Å². The third-order valence-electron chi connectivity index (χ3n) is 3.55. The molecule has 148 valence electrons. The van der Waals surface area contributed by atoms with E-state index in [1.807, 2.05) is 0 Å². The maximum atomic E-state index is 12.2. The Morgan fingerprint density at radius 1 is 1.17 bits per heavy atom. The van der Waals surface area contributed by atoms with Gasteiger partial charge in [0.15, 0.2) is 11.8 Å². The topological polar surface area (TPSA) is 105 Å². The Balaban J connectivity index is 1.73. The summed E-state index contributed by atoms with van der Waals surface area (Å²) in [6, 6.07) is 10.9. The normalized spacial score (nSPS) is 16.1. The fourth-order valence-corrected chi connectivity index (χ4v) is 3.43. The number of hydrogen-bond donors (Lipinski definition) is 2. The molecule has 0 radical (unpaired) electrons. The molecule has 0 atom stereocenters. The fourth-order valence-electron chi connectivity index (χ4n) is 2.24. The van der Waals surface area contributed by atoms with E-state index in [-0.39, 0.29) is 15.9 Å². The van der Waals surface area contributed by atoms with Crippen molar-refractivity contribution in [2.75, 3.05) is 6.61 Å². The van der Waals surface area contributed by atoms with Crippen LogP contribution in [0.1, 0.15) is 15.9 Å². The average Bonchev–Trinajstić information content (AvgIpc) is 3.00. The van der Waals surface area contributed by atoms with E-state index in [4.69, 9.17) is 33.0 Å². The van der Waals surface area contributed by atoms with Crippen LogP contribution in [-0.4, -0.2) is 34.7 Å². The molecule has 29 heavy (non-hydrogen) atoms. The summed E-state index contributed by atoms with van der Waals surface area (Å²) in [5.41, 5.74) is 0.943. The first kappa shape index (κ1) is 20.9. The van der Waals surface area contributed by atoms with E-state index >= 15 is 0 Å². The number of hydrogen-bond acceptors (Lipinski definition) is 5. The van der Waals surface area contributed by atoms with Gasteiger partial charge < -0.3 is 15.2 Å². The first-order valence-electron chi connectivity index (χ1n) is 8.05. The van der Waals surface area contributed by atoms with Crippen molar-refractivity contribution in [2.45, 2.75) is 0 Å². The lowest BCUT2D eigenvalue weighted by Crippen LogP contribution is -2.20. The highest BCUT2D eigenvalue weighted by Crippen LogP contribution is 2.30. The number of nitrogens with zero attached hydrogens (tertiary/aromatic N) is 1. The summed E-state index contributed by atoms with van der Waals surface area (Å²) in [5.74, 6) is -1.81. The summed E-state index contributed by atoms with van der Waals surface area (Å²) in [6.45, 7) is -0.514. The minimum atomic E-state index is -1.12. The SMILES string of the molecule is O=C(O)COc1ccc(/C=C2\SC(=NC(=O)c3ccc(Cl)cc3)NC2=O)cc1Cl. The van der Waals surface area contributed by atoms with Crippen molar-refractivity contribution < 1.29 is 24.2 Å². The first-order valence-corrected chi connectivity index (χ1v) is 9.62. The molecular weight excluding hydrogens is 439 g/mol. The molecule has 0 aliphatic carbocycles. The van der Waals surface area contributed by atoms with E-state index < -0.39 is 24.4 Å². The van der Waals surface area contributed by atoms with Gasteiger partial charge in [-0.25, -0.2) is 4.79 Å². The van der Waals surface area contributed by atoms with Crippen molar-refractivity contribution in [1.29, 1.82) is 0 Å². The summed E-state index contributed by atoms with van der Waals surface area (Å²) in [6.07, 6.45) is 1.57. The molecule has 0 bridgehead atoms. The first-order chi connectivity index (χ1) is 13.8. The van der Waals surface area contributed by atoms with Crippen LogP contribution in [0.4, 0.5) is 0 Å². The Morgan fingerprint density at radius 2 is 1.90 bits per heavy atom. The van der Waals surface area contributed by atoms with Gasteiger partial charge in [-0.1, -0.05) is 29.3 Å². The van der Waals surface area contributed by atoms with Crippen LogP contribution in [0, 0.1) is 0 Å². The number of ether oxygens (including phenoxy) is 1. The second-order valence-electron chi connectivity index (χ2n) is 5.67. The zero-order chi connectivity index (χ0) is 21.0. The number of halogens is 2. The van der Waals surface area contributed by atoms with Gasteiger partial charge in [0.05, 0.1) is 9.93 Å². The smallest absolute Gasteiger partial charge is 0.341 e. The zero-order valence-corrected chi connectivity index (χ0v) is 16.8. The van der Waals surface area contributed by atoms with Crippen LogP contribution in [0.5, 0.6) is 5.75 Å². The molecule has 2 aromatic carbocycles. The number of amidine groups is 1. The number of aliphatic imine (C=N–C) groups is 1. The quantitative estimate of drug-likeness (QED) is 0.669. The number of carbonyl (C=O) groups is 3. The number of aliphatic carboxylic acids is 1. The van der Waals surface area contributed by atoms with E-state index in [0.29, 0.717) is 21.1 Å². The van der Waals surface area contributed by atoms with E-state index in [1.54, 1.807) is 36.4 Å². The third kappa shape index (κ3) is 5.60. The minimum absolute atomic E-state index is 0.161. The molecule has 0 saturated carbocycles. The van der Waals surface area contributed by atoms with Crippen molar-refractivity contribution in [3.63, 3.8) is 0 Å². The zero-order valence-electron chi connectivity index (χ0n) is 14.5. The Kier molecular flexibility index (Phi) is 6.58. The molecule has 2 amide bonds. The number of nitrogens with one attached hydrogen (secondary N) is 1. The largest absolute Gasteiger partial charge is 0.480 e. The molecule has 0 spiro atoms. The van der Waals surface area contributed by atoms with Crippen LogP contribution in [0.15, 0.2) is 52.4 Å². The molecular formula is C19H12Cl2N2O5S. The Bertz CT molecular complexity index is 1050. The third-order valence-corrected chi connectivity index (χ3v) is 5.01. The monoisotopic (exact) mass is 450 g/mol. The van der Waals surface area contributed by atoms with E-state index in [2.05, 4.69) is 10.3 Å². The summed E-state index contributed by atoms with van der Waals surface area (Å²) in [4.78, 5) is 39.1. The van der Waals surface area contributed by atoms with Crippen LogP contribution in [-0.2, 0) is 9.59 Å². The molecule has 0 unspecified atom stereocenters. The molecule has 10 heteroatoms. The fraction of sp³-hybridized carbons (Fsp3) is 0.0526. The Morgan fingerprint density at radius 3 is 2.55 bits per heavy atom. The lowest BCUT2D eigenvalue weighted by Gasteiger charge is -2.06. The number of benzene rings is 2. The number of carboxylic acid groups (broad SMARTS) is 1. The summed E-state index contributed by atoms with van der Waals surface area (Å²) >= 11 is 12.9. The van der Waals surface area contributed by atoms with Crippen molar-refractivity contribution in [2.24, 2.45) is 4.99 Å². The molecule has 7 nitrogen and oxygen atoms in total. The Hall–Kier alpha value is -2.81. The lowest BCUT2D eigenvalue weighted by molar-refractivity contribution is -0.139. The number of carbonyl (C=O) groups excluding carboxylic acids is 2. The van der Waals surface area contributed by atoms with Crippen LogP contribution in [0.2, 0.25) is 10.0 Å². The molecule has 0 aromatic heterocycles. The van der Waals surface area contributed by atoms with Crippen LogP contribution >= 0.6 is 35.0 Å². The van der Waals surface area contributed by atoms with Gasteiger partial charge in [0.1, 0.15) is 5.75 Å². The van der Waals surface area contributed by atoms with E-state index in [9.17, 15) is 14.4 Å². The van der Waals surface area contributed by atoms with Crippen molar-refractivity contribution in [1.82, 2.24) is 5.32 Å². The summed E-state index contributed by atoms with van der Waals surface area (Å²) in [7, 11) is 0. The minimum Gasteiger partial charge on any atom is -0.480 e. The molecule has 1 aliphatic rings. The van der Waals surface area contributed by atoms with Crippen LogP contribution in [0.3, 0.4) is 0 Å². The van der Waals surface area contributed by atoms with Crippen molar-refractivity contribution in [3.8, 4) is 5.75 Å². The van der Waals surface area contributed by atoms with Crippen LogP contribution in [0.25, 0.3) is 6.08 Å². The van der Waals surface area contributed by atoms with Gasteiger partial charge in [-0.05, 0) is 59.8 Å². The maximum absolute atomic E-state index is 12.2. The van der Waals surface area contributed by atoms with Gasteiger partial charge in [-0.3, -0.25) is 9.59 Å². The van der Waals surface area contributed by atoms with Crippen molar-refractivity contribution in [3.05, 3.63) is 68.5 Å². The molecule has 2 N–H and O–H groups in total. The van der Waals surface area contributed by atoms with E-state index in [1.165, 1.54) is 12.1 Å².